The third kappa shape index (κ3) is 3.78. The van der Waals surface area contributed by atoms with Gasteiger partial charge in [-0.05, 0) is 101 Å². The van der Waals surface area contributed by atoms with Gasteiger partial charge in [0.05, 0.1) is 5.69 Å². The van der Waals surface area contributed by atoms with Crippen LogP contribution >= 0.6 is 34.9 Å². The van der Waals surface area contributed by atoms with Gasteiger partial charge in [-0.25, -0.2) is 0 Å². The molecule has 0 unspecified atom stereocenters. The number of benzene rings is 5. The standard InChI is InChI=1S/C38H26BNOS3/c1-3-12-34-29(9-1)40(30-10-2-4-13-35(30)44-34)25-16-17-27-32(22-25)41-31-11-6-14-36-37(31)39(27)28-21-24(15-18-33(28)43-36)26-8-5-7-23-19-20-42-38(23)26/h1,3,5-9,11-12,14-22H,2,4,10,13H2. The Morgan fingerprint density at radius 3 is 2.59 bits per heavy atom. The van der Waals surface area contributed by atoms with E-state index in [-0.39, 0.29) is 6.71 Å². The van der Waals surface area contributed by atoms with Gasteiger partial charge in [-0.1, -0.05) is 83.6 Å². The highest BCUT2D eigenvalue weighted by molar-refractivity contribution is 8.03. The van der Waals surface area contributed by atoms with E-state index in [4.69, 9.17) is 4.74 Å². The summed E-state index contributed by atoms with van der Waals surface area (Å²) in [5, 5.41) is 3.51. The predicted molar refractivity (Wildman–Crippen MR) is 189 cm³/mol. The van der Waals surface area contributed by atoms with Gasteiger partial charge in [0, 0.05) is 41.7 Å². The molecule has 0 fully saturated rings. The molecule has 4 heterocycles. The molecule has 0 amide bonds. The molecule has 6 heteroatoms. The van der Waals surface area contributed by atoms with Gasteiger partial charge in [-0.2, -0.15) is 0 Å². The zero-order valence-electron chi connectivity index (χ0n) is 23.9. The number of anilines is 2. The molecule has 0 saturated carbocycles. The molecule has 0 saturated heterocycles. The van der Waals surface area contributed by atoms with E-state index in [1.54, 1.807) is 0 Å². The number of rotatable bonds is 2. The Bertz CT molecular complexity index is 2200. The van der Waals surface area contributed by atoms with Crippen molar-refractivity contribution in [3.8, 4) is 22.6 Å². The maximum Gasteiger partial charge on any atom is 0.253 e. The van der Waals surface area contributed by atoms with Crippen LogP contribution in [-0.4, -0.2) is 6.71 Å². The average Bonchev–Trinajstić information content (AvgIpc) is 3.56. The predicted octanol–water partition coefficient (Wildman–Crippen LogP) is 9.68. The Kier molecular flexibility index (Phi) is 5.70. The minimum atomic E-state index is 0.131. The van der Waals surface area contributed by atoms with Crippen LogP contribution in [0.1, 0.15) is 25.7 Å². The molecule has 3 aliphatic heterocycles. The number of thiophene rings is 1. The summed E-state index contributed by atoms with van der Waals surface area (Å²) in [7, 11) is 0. The molecule has 6 aromatic rings. The van der Waals surface area contributed by atoms with Gasteiger partial charge >= 0.3 is 0 Å². The summed E-state index contributed by atoms with van der Waals surface area (Å²) in [6.45, 7) is 0.131. The highest BCUT2D eigenvalue weighted by atomic mass is 32.2. The average molecular weight is 620 g/mol. The summed E-state index contributed by atoms with van der Waals surface area (Å²) in [5.74, 6) is 1.95. The topological polar surface area (TPSA) is 12.5 Å². The van der Waals surface area contributed by atoms with Gasteiger partial charge in [-0.15, -0.1) is 11.3 Å². The Hall–Kier alpha value is -3.84. The van der Waals surface area contributed by atoms with E-state index in [9.17, 15) is 0 Å². The number of ether oxygens (including phenoxy) is 1. The quantitative estimate of drug-likeness (QED) is 0.179. The molecule has 210 valence electrons. The fraction of sp³-hybridized carbons (Fsp3) is 0.105. The first-order valence-electron chi connectivity index (χ1n) is 15.3. The molecule has 1 aromatic heterocycles. The summed E-state index contributed by atoms with van der Waals surface area (Å²) >= 11 is 5.67. The smallest absolute Gasteiger partial charge is 0.253 e. The number of para-hydroxylation sites is 1. The second-order valence-electron chi connectivity index (χ2n) is 11.9. The molecule has 0 N–H and O–H groups in total. The van der Waals surface area contributed by atoms with Crippen LogP contribution in [0.15, 0.2) is 134 Å². The first kappa shape index (κ1) is 25.5. The Morgan fingerprint density at radius 1 is 0.682 bits per heavy atom. The summed E-state index contributed by atoms with van der Waals surface area (Å²) in [5.41, 5.74) is 10.4. The van der Waals surface area contributed by atoms with Crippen molar-refractivity contribution in [1.29, 1.82) is 0 Å². The van der Waals surface area contributed by atoms with E-state index < -0.39 is 0 Å². The fourth-order valence-corrected chi connectivity index (χ4v) is 10.8. The van der Waals surface area contributed by atoms with Crippen LogP contribution in [0, 0.1) is 0 Å². The highest BCUT2D eigenvalue weighted by Crippen LogP contribution is 2.51. The second-order valence-corrected chi connectivity index (χ2v) is 15.0. The molecule has 4 aliphatic rings. The molecule has 0 atom stereocenters. The van der Waals surface area contributed by atoms with Gasteiger partial charge in [0.2, 0.25) is 0 Å². The van der Waals surface area contributed by atoms with E-state index in [0.29, 0.717) is 0 Å². The van der Waals surface area contributed by atoms with Crippen LogP contribution in [0.2, 0.25) is 0 Å². The molecule has 1 aliphatic carbocycles. The summed E-state index contributed by atoms with van der Waals surface area (Å²) < 4.78 is 8.15. The lowest BCUT2D eigenvalue weighted by Crippen LogP contribution is -2.57. The highest BCUT2D eigenvalue weighted by Gasteiger charge is 2.40. The third-order valence-electron chi connectivity index (χ3n) is 9.43. The number of hydrogen-bond donors (Lipinski definition) is 0. The lowest BCUT2D eigenvalue weighted by Gasteiger charge is -2.38. The Labute approximate surface area is 269 Å². The number of hydrogen-bond acceptors (Lipinski definition) is 5. The number of nitrogens with zero attached hydrogens (tertiary/aromatic N) is 1. The number of allylic oxidation sites excluding steroid dienone is 2. The molecule has 0 spiro atoms. The lowest BCUT2D eigenvalue weighted by atomic mass is 9.35. The SMILES string of the molecule is c1ccc2c(c1)SC1=C(CCCC1)N2c1ccc2c(c1)Oc1cccc3c1B2c1cc(-c2cccc4ccsc24)ccc1S3. The molecule has 44 heavy (non-hydrogen) atoms. The van der Waals surface area contributed by atoms with Crippen molar-refractivity contribution in [1.82, 2.24) is 0 Å². The van der Waals surface area contributed by atoms with Crippen molar-refractivity contribution in [2.75, 3.05) is 4.90 Å². The maximum atomic E-state index is 6.80. The zero-order chi connectivity index (χ0) is 28.8. The normalized spacial score (nSPS) is 16.1. The number of fused-ring (bicyclic) bond motifs is 6. The first-order valence-corrected chi connectivity index (χ1v) is 17.8. The van der Waals surface area contributed by atoms with Gasteiger partial charge in [0.25, 0.3) is 6.71 Å². The molecule has 10 rings (SSSR count). The molecule has 0 radical (unpaired) electrons. The fourth-order valence-electron chi connectivity index (χ4n) is 7.46. The molecule has 0 bridgehead atoms. The van der Waals surface area contributed by atoms with Gasteiger partial charge < -0.3 is 9.64 Å². The molecular formula is C38H26BNOS3. The van der Waals surface area contributed by atoms with Crippen LogP contribution in [0.5, 0.6) is 11.5 Å². The van der Waals surface area contributed by atoms with Crippen LogP contribution in [0.25, 0.3) is 21.2 Å². The minimum Gasteiger partial charge on any atom is -0.458 e. The van der Waals surface area contributed by atoms with Crippen molar-refractivity contribution in [2.45, 2.75) is 40.4 Å². The van der Waals surface area contributed by atoms with Crippen molar-refractivity contribution in [2.24, 2.45) is 0 Å². The van der Waals surface area contributed by atoms with Gasteiger partial charge in [0.1, 0.15) is 11.5 Å². The molecular weight excluding hydrogens is 593 g/mol. The summed E-state index contributed by atoms with van der Waals surface area (Å²) in [6, 6.07) is 38.3. The summed E-state index contributed by atoms with van der Waals surface area (Å²) in [6.07, 6.45) is 4.80. The van der Waals surface area contributed by atoms with Crippen LogP contribution in [0.4, 0.5) is 11.4 Å². The largest absolute Gasteiger partial charge is 0.458 e. The van der Waals surface area contributed by atoms with Crippen molar-refractivity contribution >= 4 is 79.4 Å². The zero-order valence-corrected chi connectivity index (χ0v) is 26.3. The lowest BCUT2D eigenvalue weighted by molar-refractivity contribution is 0.486. The van der Waals surface area contributed by atoms with E-state index in [2.05, 4.69) is 113 Å². The summed E-state index contributed by atoms with van der Waals surface area (Å²) in [4.78, 5) is 8.00. The van der Waals surface area contributed by atoms with Crippen molar-refractivity contribution in [3.05, 3.63) is 119 Å². The van der Waals surface area contributed by atoms with E-state index in [0.717, 1.165) is 17.9 Å². The first-order chi connectivity index (χ1) is 21.8. The molecule has 2 nitrogen and oxygen atoms in total. The Balaban J connectivity index is 1.14. The maximum absolute atomic E-state index is 6.80. The monoisotopic (exact) mass is 619 g/mol. The Morgan fingerprint density at radius 2 is 1.59 bits per heavy atom. The third-order valence-corrected chi connectivity index (χ3v) is 12.8. The molecule has 5 aromatic carbocycles. The van der Waals surface area contributed by atoms with Gasteiger partial charge in [0.15, 0.2) is 0 Å². The van der Waals surface area contributed by atoms with E-state index in [1.807, 2.05) is 34.9 Å². The second kappa shape index (κ2) is 9.83. The van der Waals surface area contributed by atoms with Crippen LogP contribution in [0.3, 0.4) is 0 Å². The minimum absolute atomic E-state index is 0.131. The van der Waals surface area contributed by atoms with Crippen LogP contribution < -0.4 is 26.0 Å². The van der Waals surface area contributed by atoms with Gasteiger partial charge in [-0.3, -0.25) is 0 Å². The van der Waals surface area contributed by atoms with Crippen molar-refractivity contribution < 1.29 is 4.74 Å². The van der Waals surface area contributed by atoms with Crippen LogP contribution in [-0.2, 0) is 0 Å². The number of thioether (sulfide) groups is 1. The van der Waals surface area contributed by atoms with E-state index in [1.165, 1.54) is 93.5 Å². The van der Waals surface area contributed by atoms with E-state index >= 15 is 0 Å². The van der Waals surface area contributed by atoms with Crippen molar-refractivity contribution in [3.63, 3.8) is 0 Å².